The Hall–Kier alpha value is -2.57. The van der Waals surface area contributed by atoms with Crippen molar-refractivity contribution in [2.24, 2.45) is 5.92 Å². The fourth-order valence-corrected chi connectivity index (χ4v) is 2.80. The van der Waals surface area contributed by atoms with Gasteiger partial charge in [-0.1, -0.05) is 0 Å². The third kappa shape index (κ3) is 3.13. The molecule has 0 radical (unpaired) electrons. The Morgan fingerprint density at radius 2 is 2.22 bits per heavy atom. The van der Waals surface area contributed by atoms with Gasteiger partial charge in [0, 0.05) is 18.5 Å². The standard InChI is InChI=1S/C16H17FN2O4/c1-9(14-7-11-6-12(17)2-3-13(11)23-14)18-15(20)10-4-5-19(8-10)16(21)22/h2-3,6-7,9-10H,4-5,8H2,1H3,(H,18,20)(H,21,22)/t9?,10-/m1/s1. The van der Waals surface area contributed by atoms with Crippen LogP contribution in [0.5, 0.6) is 0 Å². The lowest BCUT2D eigenvalue weighted by molar-refractivity contribution is -0.125. The SMILES string of the molecule is CC(NC(=O)[C@@H]1CCN(C(=O)O)C1)c1cc2cc(F)ccc2o1. The number of furan rings is 1. The first-order valence-corrected chi connectivity index (χ1v) is 7.41. The highest BCUT2D eigenvalue weighted by molar-refractivity contribution is 5.81. The first kappa shape index (κ1) is 15.3. The molecule has 1 saturated heterocycles. The van der Waals surface area contributed by atoms with Crippen LogP contribution in [0, 0.1) is 11.7 Å². The van der Waals surface area contributed by atoms with Crippen LogP contribution in [0.2, 0.25) is 0 Å². The Morgan fingerprint density at radius 3 is 2.91 bits per heavy atom. The molecule has 0 aliphatic carbocycles. The number of benzene rings is 1. The van der Waals surface area contributed by atoms with Crippen LogP contribution in [0.1, 0.15) is 25.1 Å². The molecule has 23 heavy (non-hydrogen) atoms. The quantitative estimate of drug-likeness (QED) is 0.911. The van der Waals surface area contributed by atoms with E-state index >= 15 is 0 Å². The maximum Gasteiger partial charge on any atom is 0.407 e. The third-order valence-corrected chi connectivity index (χ3v) is 4.11. The van der Waals surface area contributed by atoms with Crippen molar-refractivity contribution in [1.82, 2.24) is 10.2 Å². The molecule has 1 fully saturated rings. The van der Waals surface area contributed by atoms with Gasteiger partial charge in [0.05, 0.1) is 12.0 Å². The first-order chi connectivity index (χ1) is 10.9. The second-order valence-electron chi connectivity index (χ2n) is 5.78. The third-order valence-electron chi connectivity index (χ3n) is 4.11. The van der Waals surface area contributed by atoms with Crippen LogP contribution in [0.4, 0.5) is 9.18 Å². The van der Waals surface area contributed by atoms with Crippen molar-refractivity contribution >= 4 is 23.0 Å². The van der Waals surface area contributed by atoms with Crippen LogP contribution < -0.4 is 5.32 Å². The molecule has 2 N–H and O–H groups in total. The monoisotopic (exact) mass is 320 g/mol. The number of fused-ring (bicyclic) bond motifs is 1. The summed E-state index contributed by atoms with van der Waals surface area (Å²) in [5, 5.41) is 12.4. The van der Waals surface area contributed by atoms with Gasteiger partial charge in [0.15, 0.2) is 0 Å². The van der Waals surface area contributed by atoms with Gasteiger partial charge in [-0.2, -0.15) is 0 Å². The molecular weight excluding hydrogens is 303 g/mol. The molecule has 0 bridgehead atoms. The number of carboxylic acid groups (broad SMARTS) is 1. The van der Waals surface area contributed by atoms with Crippen molar-refractivity contribution in [3.8, 4) is 0 Å². The molecule has 122 valence electrons. The van der Waals surface area contributed by atoms with Crippen LogP contribution in [0.25, 0.3) is 11.0 Å². The summed E-state index contributed by atoms with van der Waals surface area (Å²) in [6.45, 7) is 2.35. The number of nitrogens with zero attached hydrogens (tertiary/aromatic N) is 1. The number of amides is 2. The Morgan fingerprint density at radius 1 is 1.43 bits per heavy atom. The Balaban J connectivity index is 1.67. The zero-order valence-electron chi connectivity index (χ0n) is 12.6. The van der Waals surface area contributed by atoms with E-state index < -0.39 is 6.09 Å². The van der Waals surface area contributed by atoms with Gasteiger partial charge in [-0.15, -0.1) is 0 Å². The van der Waals surface area contributed by atoms with E-state index in [9.17, 15) is 14.0 Å². The molecule has 3 rings (SSSR count). The van der Waals surface area contributed by atoms with Gasteiger partial charge in [0.2, 0.25) is 5.91 Å². The summed E-state index contributed by atoms with van der Waals surface area (Å²) in [6.07, 6.45) is -0.497. The molecule has 2 heterocycles. The van der Waals surface area contributed by atoms with Crippen LogP contribution in [-0.2, 0) is 4.79 Å². The van der Waals surface area contributed by atoms with E-state index in [2.05, 4.69) is 5.32 Å². The number of nitrogens with one attached hydrogen (secondary N) is 1. The van der Waals surface area contributed by atoms with Crippen LogP contribution in [0.15, 0.2) is 28.7 Å². The van der Waals surface area contributed by atoms with E-state index in [1.807, 2.05) is 0 Å². The van der Waals surface area contributed by atoms with Gasteiger partial charge in [-0.05, 0) is 37.6 Å². The van der Waals surface area contributed by atoms with Crippen LogP contribution in [-0.4, -0.2) is 35.1 Å². The molecule has 2 atom stereocenters. The predicted molar refractivity (Wildman–Crippen MR) is 80.4 cm³/mol. The van der Waals surface area contributed by atoms with Gasteiger partial charge in [0.1, 0.15) is 17.2 Å². The first-order valence-electron chi connectivity index (χ1n) is 7.41. The summed E-state index contributed by atoms with van der Waals surface area (Å²) in [5.41, 5.74) is 0.556. The number of carbonyl (C=O) groups is 2. The molecule has 1 aromatic heterocycles. The number of halogens is 1. The largest absolute Gasteiger partial charge is 0.465 e. The number of hydrogen-bond donors (Lipinski definition) is 2. The smallest absolute Gasteiger partial charge is 0.407 e. The minimum absolute atomic E-state index is 0.201. The van der Waals surface area contributed by atoms with Crippen molar-refractivity contribution in [1.29, 1.82) is 0 Å². The second kappa shape index (κ2) is 5.91. The van der Waals surface area contributed by atoms with Crippen molar-refractivity contribution in [3.05, 3.63) is 35.8 Å². The Kier molecular flexibility index (Phi) is 3.94. The highest BCUT2D eigenvalue weighted by Gasteiger charge is 2.31. The van der Waals surface area contributed by atoms with Gasteiger partial charge in [-0.25, -0.2) is 9.18 Å². The molecule has 2 aromatic rings. The predicted octanol–water partition coefficient (Wildman–Crippen LogP) is 2.75. The highest BCUT2D eigenvalue weighted by Crippen LogP contribution is 2.25. The molecule has 6 nitrogen and oxygen atoms in total. The molecular formula is C16H17FN2O4. The summed E-state index contributed by atoms with van der Waals surface area (Å²) >= 11 is 0. The number of likely N-dealkylation sites (tertiary alicyclic amines) is 1. The molecule has 1 unspecified atom stereocenters. The summed E-state index contributed by atoms with van der Waals surface area (Å²) in [7, 11) is 0. The number of hydrogen-bond acceptors (Lipinski definition) is 3. The maximum absolute atomic E-state index is 13.2. The van der Waals surface area contributed by atoms with Crippen molar-refractivity contribution < 1.29 is 23.5 Å². The summed E-state index contributed by atoms with van der Waals surface area (Å²) in [5.74, 6) is -0.364. The highest BCUT2D eigenvalue weighted by atomic mass is 19.1. The van der Waals surface area contributed by atoms with E-state index in [1.54, 1.807) is 19.1 Å². The fourth-order valence-electron chi connectivity index (χ4n) is 2.80. The summed E-state index contributed by atoms with van der Waals surface area (Å²) in [6, 6.07) is 5.56. The molecule has 1 aromatic carbocycles. The molecule has 7 heteroatoms. The van der Waals surface area contributed by atoms with E-state index in [-0.39, 0.29) is 30.2 Å². The zero-order valence-corrected chi connectivity index (χ0v) is 12.6. The molecule has 0 saturated carbocycles. The average Bonchev–Trinajstić information content (AvgIpc) is 3.13. The second-order valence-corrected chi connectivity index (χ2v) is 5.78. The fraction of sp³-hybridized carbons (Fsp3) is 0.375. The van der Waals surface area contributed by atoms with E-state index in [0.29, 0.717) is 29.7 Å². The van der Waals surface area contributed by atoms with Gasteiger partial charge >= 0.3 is 6.09 Å². The summed E-state index contributed by atoms with van der Waals surface area (Å²) in [4.78, 5) is 24.4. The van der Waals surface area contributed by atoms with Crippen molar-refractivity contribution in [3.63, 3.8) is 0 Å². The lowest BCUT2D eigenvalue weighted by Gasteiger charge is -2.15. The molecule has 2 amide bonds. The van der Waals surface area contributed by atoms with E-state index in [0.717, 1.165) is 0 Å². The Bertz CT molecular complexity index is 758. The summed E-state index contributed by atoms with van der Waals surface area (Å²) < 4.78 is 18.8. The van der Waals surface area contributed by atoms with Crippen LogP contribution in [0.3, 0.4) is 0 Å². The van der Waals surface area contributed by atoms with Crippen LogP contribution >= 0.6 is 0 Å². The zero-order chi connectivity index (χ0) is 16.6. The van der Waals surface area contributed by atoms with E-state index in [1.165, 1.54) is 17.0 Å². The lowest BCUT2D eigenvalue weighted by atomic mass is 10.1. The maximum atomic E-state index is 13.2. The average molecular weight is 320 g/mol. The van der Waals surface area contributed by atoms with Crippen molar-refractivity contribution in [2.45, 2.75) is 19.4 Å². The minimum atomic E-state index is -1.01. The molecule has 1 aliphatic heterocycles. The van der Waals surface area contributed by atoms with Gasteiger partial charge in [-0.3, -0.25) is 4.79 Å². The number of rotatable bonds is 3. The Labute approximate surface area is 131 Å². The molecule has 1 aliphatic rings. The number of carbonyl (C=O) groups excluding carboxylic acids is 1. The minimum Gasteiger partial charge on any atom is -0.465 e. The van der Waals surface area contributed by atoms with Crippen molar-refractivity contribution in [2.75, 3.05) is 13.1 Å². The molecule has 0 spiro atoms. The van der Waals surface area contributed by atoms with E-state index in [4.69, 9.17) is 9.52 Å². The lowest BCUT2D eigenvalue weighted by Crippen LogP contribution is -2.35. The normalized spacial score (nSPS) is 19.0. The topological polar surface area (TPSA) is 82.8 Å². The van der Waals surface area contributed by atoms with Gasteiger partial charge < -0.3 is 19.7 Å². The van der Waals surface area contributed by atoms with Gasteiger partial charge in [0.25, 0.3) is 0 Å².